The van der Waals surface area contributed by atoms with Gasteiger partial charge in [-0.15, -0.1) is 11.3 Å². The molecule has 3 unspecified atom stereocenters. The molecule has 1 aliphatic rings. The third kappa shape index (κ3) is 3.34. The van der Waals surface area contributed by atoms with E-state index in [2.05, 4.69) is 57.2 Å². The van der Waals surface area contributed by atoms with Gasteiger partial charge in [0.05, 0.1) is 3.79 Å². The fourth-order valence-electron chi connectivity index (χ4n) is 2.91. The largest absolute Gasteiger partial charge is 0.312 e. The van der Waals surface area contributed by atoms with Crippen LogP contribution in [0.3, 0.4) is 0 Å². The molecule has 0 aliphatic heterocycles. The second-order valence-electron chi connectivity index (χ2n) is 5.07. The minimum atomic E-state index is 0.519. The third-order valence-electron chi connectivity index (χ3n) is 3.73. The van der Waals surface area contributed by atoms with Gasteiger partial charge in [0.15, 0.2) is 0 Å². The van der Waals surface area contributed by atoms with Crippen LogP contribution < -0.4 is 5.32 Å². The molecule has 3 atom stereocenters. The molecule has 0 saturated heterocycles. The van der Waals surface area contributed by atoms with Gasteiger partial charge in [-0.2, -0.15) is 0 Å². The first-order valence-corrected chi connectivity index (χ1v) is 8.64. The highest BCUT2D eigenvalue weighted by Gasteiger charge is 2.28. The minimum Gasteiger partial charge on any atom is -0.312 e. The number of rotatable bonds is 3. The average molecular weight is 381 g/mol. The quantitative estimate of drug-likeness (QED) is 0.744. The fraction of sp³-hybridized carbons (Fsp3) is 0.692. The molecule has 0 bridgehead atoms. The van der Waals surface area contributed by atoms with Gasteiger partial charge < -0.3 is 5.32 Å². The molecule has 1 aliphatic carbocycles. The molecule has 0 amide bonds. The standard InChI is InChI=1S/C13H19Br2NS/c1-8-4-3-5-9(6-8)12(16-2)11-7-10(14)13(15)17-11/h7-9,12,16H,3-6H2,1-2H3. The maximum Gasteiger partial charge on any atom is 0.0843 e. The van der Waals surface area contributed by atoms with Crippen LogP contribution in [0.4, 0.5) is 0 Å². The van der Waals surface area contributed by atoms with Crippen molar-refractivity contribution in [2.75, 3.05) is 7.05 Å². The molecular formula is C13H19Br2NS. The molecule has 2 rings (SSSR count). The van der Waals surface area contributed by atoms with Crippen molar-refractivity contribution in [3.05, 3.63) is 19.2 Å². The van der Waals surface area contributed by atoms with Gasteiger partial charge in [-0.05, 0) is 69.7 Å². The van der Waals surface area contributed by atoms with Crippen LogP contribution in [0.5, 0.6) is 0 Å². The Labute approximate surface area is 125 Å². The van der Waals surface area contributed by atoms with Crippen LogP contribution in [-0.4, -0.2) is 7.05 Å². The lowest BCUT2D eigenvalue weighted by Crippen LogP contribution is -2.28. The van der Waals surface area contributed by atoms with E-state index in [-0.39, 0.29) is 0 Å². The number of thiophene rings is 1. The molecule has 96 valence electrons. The van der Waals surface area contributed by atoms with Gasteiger partial charge in [-0.3, -0.25) is 0 Å². The summed E-state index contributed by atoms with van der Waals surface area (Å²) in [4.78, 5) is 1.45. The summed E-state index contributed by atoms with van der Waals surface area (Å²) in [6.45, 7) is 2.39. The van der Waals surface area contributed by atoms with E-state index >= 15 is 0 Å². The highest BCUT2D eigenvalue weighted by Crippen LogP contribution is 2.42. The van der Waals surface area contributed by atoms with Gasteiger partial charge in [0.25, 0.3) is 0 Å². The lowest BCUT2D eigenvalue weighted by atomic mass is 9.78. The second-order valence-corrected chi connectivity index (χ2v) is 8.32. The fourth-order valence-corrected chi connectivity index (χ4v) is 5.20. The van der Waals surface area contributed by atoms with Gasteiger partial charge in [0, 0.05) is 15.4 Å². The Bertz CT molecular complexity index is 358. The van der Waals surface area contributed by atoms with Crippen molar-refractivity contribution in [1.82, 2.24) is 5.32 Å². The average Bonchev–Trinajstić information content (AvgIpc) is 2.60. The molecule has 1 aromatic rings. The highest BCUT2D eigenvalue weighted by atomic mass is 79.9. The molecule has 17 heavy (non-hydrogen) atoms. The van der Waals surface area contributed by atoms with Gasteiger partial charge in [0.2, 0.25) is 0 Å². The maximum atomic E-state index is 3.59. The molecule has 1 nitrogen and oxygen atoms in total. The normalized spacial score (nSPS) is 27.1. The molecule has 1 fully saturated rings. The number of nitrogens with one attached hydrogen (secondary N) is 1. The molecule has 1 aromatic heterocycles. The summed E-state index contributed by atoms with van der Waals surface area (Å²) in [5.74, 6) is 1.68. The Morgan fingerprint density at radius 1 is 1.41 bits per heavy atom. The molecule has 0 radical (unpaired) electrons. The first-order valence-electron chi connectivity index (χ1n) is 6.23. The van der Waals surface area contributed by atoms with Crippen molar-refractivity contribution in [2.45, 2.75) is 38.6 Å². The third-order valence-corrected chi connectivity index (χ3v) is 7.07. The van der Waals surface area contributed by atoms with Gasteiger partial charge in [-0.1, -0.05) is 19.8 Å². The Morgan fingerprint density at radius 3 is 2.71 bits per heavy atom. The summed E-state index contributed by atoms with van der Waals surface area (Å²) >= 11 is 9.03. The molecular weight excluding hydrogens is 362 g/mol. The lowest BCUT2D eigenvalue weighted by Gasteiger charge is -2.32. The first kappa shape index (κ1) is 14.0. The van der Waals surface area contributed by atoms with Crippen molar-refractivity contribution in [2.24, 2.45) is 11.8 Å². The van der Waals surface area contributed by atoms with Crippen molar-refractivity contribution < 1.29 is 0 Å². The zero-order chi connectivity index (χ0) is 12.4. The monoisotopic (exact) mass is 379 g/mol. The lowest BCUT2D eigenvalue weighted by molar-refractivity contribution is 0.232. The van der Waals surface area contributed by atoms with Gasteiger partial charge in [0.1, 0.15) is 0 Å². The molecule has 0 spiro atoms. The predicted molar refractivity (Wildman–Crippen MR) is 82.6 cm³/mol. The molecule has 1 saturated carbocycles. The van der Waals surface area contributed by atoms with Crippen molar-refractivity contribution >= 4 is 43.2 Å². The van der Waals surface area contributed by atoms with Crippen LogP contribution in [0.25, 0.3) is 0 Å². The summed E-state index contributed by atoms with van der Waals surface area (Å²) in [5.41, 5.74) is 0. The second kappa shape index (κ2) is 6.18. The van der Waals surface area contributed by atoms with E-state index in [1.165, 1.54) is 38.8 Å². The van der Waals surface area contributed by atoms with Crippen LogP contribution in [0, 0.1) is 11.8 Å². The van der Waals surface area contributed by atoms with Crippen LogP contribution in [0.1, 0.15) is 43.5 Å². The molecule has 1 N–H and O–H groups in total. The zero-order valence-electron chi connectivity index (χ0n) is 10.3. The van der Waals surface area contributed by atoms with E-state index < -0.39 is 0 Å². The Kier molecular flexibility index (Phi) is 5.10. The predicted octanol–water partition coefficient (Wildman–Crippen LogP) is 5.36. The number of hydrogen-bond acceptors (Lipinski definition) is 2. The number of hydrogen-bond donors (Lipinski definition) is 1. The smallest absolute Gasteiger partial charge is 0.0843 e. The molecule has 4 heteroatoms. The maximum absolute atomic E-state index is 3.59. The van der Waals surface area contributed by atoms with Crippen LogP contribution in [0.2, 0.25) is 0 Å². The summed E-state index contributed by atoms with van der Waals surface area (Å²) in [6, 6.07) is 2.78. The van der Waals surface area contributed by atoms with Crippen LogP contribution in [-0.2, 0) is 0 Å². The van der Waals surface area contributed by atoms with E-state index in [4.69, 9.17) is 0 Å². The Morgan fingerprint density at radius 2 is 2.18 bits per heavy atom. The van der Waals surface area contributed by atoms with Crippen molar-refractivity contribution in [3.63, 3.8) is 0 Å². The van der Waals surface area contributed by atoms with Crippen LogP contribution in [0.15, 0.2) is 14.3 Å². The zero-order valence-corrected chi connectivity index (χ0v) is 14.3. The topological polar surface area (TPSA) is 12.0 Å². The Hall–Kier alpha value is 0.620. The van der Waals surface area contributed by atoms with E-state index in [0.717, 1.165) is 11.8 Å². The summed E-state index contributed by atoms with van der Waals surface area (Å²) < 4.78 is 2.39. The van der Waals surface area contributed by atoms with E-state index in [1.54, 1.807) is 0 Å². The van der Waals surface area contributed by atoms with Gasteiger partial charge >= 0.3 is 0 Å². The molecule has 1 heterocycles. The minimum absolute atomic E-state index is 0.519. The van der Waals surface area contributed by atoms with Crippen LogP contribution >= 0.6 is 43.2 Å². The van der Waals surface area contributed by atoms with E-state index in [0.29, 0.717) is 6.04 Å². The van der Waals surface area contributed by atoms with E-state index in [9.17, 15) is 0 Å². The van der Waals surface area contributed by atoms with Crippen molar-refractivity contribution in [3.8, 4) is 0 Å². The Balaban J connectivity index is 2.15. The first-order chi connectivity index (χ1) is 8.11. The SMILES string of the molecule is CNC(c1cc(Br)c(Br)s1)C1CCCC(C)C1. The highest BCUT2D eigenvalue weighted by molar-refractivity contribution is 9.13. The van der Waals surface area contributed by atoms with E-state index in [1.807, 2.05) is 11.3 Å². The summed E-state index contributed by atoms with van der Waals surface area (Å²) in [6.07, 6.45) is 5.52. The number of halogens is 2. The summed E-state index contributed by atoms with van der Waals surface area (Å²) in [7, 11) is 2.09. The summed E-state index contributed by atoms with van der Waals surface area (Å²) in [5, 5.41) is 3.52. The van der Waals surface area contributed by atoms with Gasteiger partial charge in [-0.25, -0.2) is 0 Å². The molecule has 0 aromatic carbocycles. The van der Waals surface area contributed by atoms with Crippen molar-refractivity contribution in [1.29, 1.82) is 0 Å².